The number of nitrogens with zero attached hydrogens (tertiary/aromatic N) is 2. The lowest BCUT2D eigenvalue weighted by atomic mass is 9.92. The van der Waals surface area contributed by atoms with Crippen LogP contribution in [0.25, 0.3) is 88.7 Å². The zero-order valence-electron chi connectivity index (χ0n) is 48.9. The van der Waals surface area contributed by atoms with Gasteiger partial charge in [0.2, 0.25) is 0 Å². The molecule has 0 atom stereocenters. The SMILES string of the molecule is C=C/C=C(\C=C/C)c1ccc(N(C)c2ccc(-c3cccc4c5c(-c6ccccc6)ccc(-c6ccccc6)c5n(-c5ccc(C6=CC=CCCC6)cc5)c34)cc2/C(C)=C/C(=C\C(=C)c2ccccc2)c2ccccc2)cc1.CC.CC. The number of rotatable bonds is 15. The lowest BCUT2D eigenvalue weighted by Crippen LogP contribution is -2.11. The normalized spacial score (nSPS) is 12.7. The minimum atomic E-state index is 0.951. The minimum absolute atomic E-state index is 0.951. The molecule has 9 aromatic carbocycles. The highest BCUT2D eigenvalue weighted by Gasteiger charge is 2.24. The number of hydrogen-bond acceptors (Lipinski definition) is 1. The van der Waals surface area contributed by atoms with Crippen molar-refractivity contribution in [3.05, 3.63) is 314 Å². The fourth-order valence-electron chi connectivity index (χ4n) is 11.2. The second-order valence-corrected chi connectivity index (χ2v) is 20.1. The zero-order chi connectivity index (χ0) is 57.4. The first kappa shape index (κ1) is 57.2. The number of benzene rings is 9. The largest absolute Gasteiger partial charge is 0.344 e. The van der Waals surface area contributed by atoms with Crippen LogP contribution in [0.2, 0.25) is 0 Å². The van der Waals surface area contributed by atoms with Crippen LogP contribution in [0.3, 0.4) is 0 Å². The van der Waals surface area contributed by atoms with Crippen LogP contribution in [0.5, 0.6) is 0 Å². The summed E-state index contributed by atoms with van der Waals surface area (Å²) in [5.74, 6) is 0. The van der Waals surface area contributed by atoms with Crippen molar-refractivity contribution in [3.63, 3.8) is 0 Å². The average Bonchev–Trinajstić information content (AvgIpc) is 3.77. The highest BCUT2D eigenvalue weighted by molar-refractivity contribution is 6.22. The molecule has 0 saturated heterocycles. The Labute approximate surface area is 488 Å². The summed E-state index contributed by atoms with van der Waals surface area (Å²) in [5.41, 5.74) is 24.0. The molecule has 0 saturated carbocycles. The van der Waals surface area contributed by atoms with Crippen molar-refractivity contribution in [3.8, 4) is 39.1 Å². The second kappa shape index (κ2) is 27.6. The maximum Gasteiger partial charge on any atom is 0.0625 e. The van der Waals surface area contributed by atoms with Gasteiger partial charge in [0, 0.05) is 51.6 Å². The molecule has 1 aliphatic carbocycles. The van der Waals surface area contributed by atoms with Crippen LogP contribution in [-0.2, 0) is 0 Å². The molecular formula is C80H76N2. The summed E-state index contributed by atoms with van der Waals surface area (Å²) in [4.78, 5) is 2.32. The molecule has 11 rings (SSSR count). The highest BCUT2D eigenvalue weighted by atomic mass is 15.1. The number of aromatic nitrogens is 1. The van der Waals surface area contributed by atoms with E-state index in [1.54, 1.807) is 0 Å². The van der Waals surface area contributed by atoms with Gasteiger partial charge in [0.1, 0.15) is 0 Å². The number of fused-ring (bicyclic) bond motifs is 3. The van der Waals surface area contributed by atoms with Crippen molar-refractivity contribution in [2.45, 2.75) is 60.8 Å². The van der Waals surface area contributed by atoms with E-state index in [2.05, 4.69) is 304 Å². The lowest BCUT2D eigenvalue weighted by Gasteiger charge is -2.25. The van der Waals surface area contributed by atoms with Crippen molar-refractivity contribution in [2.24, 2.45) is 0 Å². The second-order valence-electron chi connectivity index (χ2n) is 20.1. The van der Waals surface area contributed by atoms with E-state index in [0.29, 0.717) is 0 Å². The van der Waals surface area contributed by atoms with Crippen molar-refractivity contribution in [2.75, 3.05) is 11.9 Å². The Hall–Kier alpha value is -9.50. The standard InChI is InChI=1S/C76H64N2.2C2H6/c1-6-25-57(26-7-2)60-39-44-66(45-40-60)77(5)73-50-43-64(53-72(73)55(4)52-65(59-31-18-11-19-32-59)51-54(3)56-27-16-10-17-28-56)69-37-24-38-71-74-68(62-33-20-12-21-34-62)48-49-70(63-35-22-13-23-36-63)76(74)78(75(69)71)67-46-41-61(42-47-67)58-29-14-8-9-15-30-58;2*1-2/h6-8,10-14,16-29,31-53H,1,3,9,15,30H2,2,4-5H3;2*1-2H3/b26-7-,55-52+,57-25+,65-51+;;. The molecule has 0 N–H and O–H groups in total. The van der Waals surface area contributed by atoms with Gasteiger partial charge in [-0.15, -0.1) is 0 Å². The molecule has 0 aliphatic heterocycles. The predicted octanol–water partition coefficient (Wildman–Crippen LogP) is 23.1. The first-order valence-corrected chi connectivity index (χ1v) is 29.2. The van der Waals surface area contributed by atoms with E-state index in [1.165, 1.54) is 49.7 Å². The third kappa shape index (κ3) is 12.4. The molecule has 0 radical (unpaired) electrons. The van der Waals surface area contributed by atoms with Crippen LogP contribution in [0, 0.1) is 0 Å². The monoisotopic (exact) mass is 1060 g/mol. The Kier molecular flexibility index (Phi) is 19.2. The molecule has 2 heteroatoms. The third-order valence-electron chi connectivity index (χ3n) is 15.1. The van der Waals surface area contributed by atoms with Crippen LogP contribution in [0.4, 0.5) is 11.4 Å². The molecule has 0 unspecified atom stereocenters. The molecule has 0 fully saturated rings. The van der Waals surface area contributed by atoms with Crippen molar-refractivity contribution in [1.29, 1.82) is 0 Å². The van der Waals surface area contributed by atoms with Gasteiger partial charge in [-0.1, -0.05) is 271 Å². The van der Waals surface area contributed by atoms with Gasteiger partial charge in [-0.2, -0.15) is 0 Å². The van der Waals surface area contributed by atoms with E-state index in [-0.39, 0.29) is 0 Å². The van der Waals surface area contributed by atoms with Gasteiger partial charge in [-0.05, 0) is 148 Å². The summed E-state index contributed by atoms with van der Waals surface area (Å²) in [5, 5.41) is 2.43. The smallest absolute Gasteiger partial charge is 0.0625 e. The van der Waals surface area contributed by atoms with E-state index in [9.17, 15) is 0 Å². The number of hydrogen-bond donors (Lipinski definition) is 0. The van der Waals surface area contributed by atoms with Gasteiger partial charge in [-0.3, -0.25) is 0 Å². The molecule has 2 nitrogen and oxygen atoms in total. The number of anilines is 2. The van der Waals surface area contributed by atoms with Crippen LogP contribution in [-0.4, -0.2) is 11.6 Å². The maximum atomic E-state index is 4.58. The van der Waals surface area contributed by atoms with Crippen LogP contribution in [0.1, 0.15) is 88.6 Å². The third-order valence-corrected chi connectivity index (χ3v) is 15.1. The minimum Gasteiger partial charge on any atom is -0.344 e. The van der Waals surface area contributed by atoms with Crippen LogP contribution < -0.4 is 4.90 Å². The van der Waals surface area contributed by atoms with Crippen molar-refractivity contribution >= 4 is 61.0 Å². The van der Waals surface area contributed by atoms with Gasteiger partial charge in [0.25, 0.3) is 0 Å². The molecule has 1 heterocycles. The van der Waals surface area contributed by atoms with Gasteiger partial charge in [0.05, 0.1) is 11.0 Å². The summed E-state index contributed by atoms with van der Waals surface area (Å²) in [6.07, 6.45) is 22.8. The molecule has 0 spiro atoms. The van der Waals surface area contributed by atoms with E-state index in [0.717, 1.165) is 97.5 Å². The van der Waals surface area contributed by atoms with E-state index in [1.807, 2.05) is 40.7 Å². The average molecular weight is 1070 g/mol. The Morgan fingerprint density at radius 1 is 0.549 bits per heavy atom. The first-order chi connectivity index (χ1) is 40.4. The molecule has 82 heavy (non-hydrogen) atoms. The first-order valence-electron chi connectivity index (χ1n) is 29.2. The number of para-hydroxylation sites is 1. The van der Waals surface area contributed by atoms with Crippen LogP contribution in [0.15, 0.2) is 286 Å². The van der Waals surface area contributed by atoms with Crippen molar-refractivity contribution in [1.82, 2.24) is 4.57 Å². The molecule has 0 bridgehead atoms. The van der Waals surface area contributed by atoms with Gasteiger partial charge in [-0.25, -0.2) is 0 Å². The molecule has 1 aromatic heterocycles. The van der Waals surface area contributed by atoms with Crippen molar-refractivity contribution < 1.29 is 0 Å². The number of allylic oxidation sites excluding steroid dienone is 14. The Bertz CT molecular complexity index is 3990. The fourth-order valence-corrected chi connectivity index (χ4v) is 11.2. The van der Waals surface area contributed by atoms with Gasteiger partial charge in [0.15, 0.2) is 0 Å². The Morgan fingerprint density at radius 3 is 1.78 bits per heavy atom. The summed E-state index contributed by atoms with van der Waals surface area (Å²) < 4.78 is 2.55. The molecule has 10 aromatic rings. The fraction of sp³-hybridized carbons (Fsp3) is 0.125. The summed E-state index contributed by atoms with van der Waals surface area (Å²) >= 11 is 0. The summed E-state index contributed by atoms with van der Waals surface area (Å²) in [6, 6.07) is 79.6. The van der Waals surface area contributed by atoms with Crippen LogP contribution >= 0.6 is 0 Å². The maximum absolute atomic E-state index is 4.58. The Morgan fingerprint density at radius 2 is 1.13 bits per heavy atom. The summed E-state index contributed by atoms with van der Waals surface area (Å²) in [6.45, 7) is 20.9. The van der Waals surface area contributed by atoms with Gasteiger partial charge >= 0.3 is 0 Å². The lowest BCUT2D eigenvalue weighted by molar-refractivity contribution is 0.886. The van der Waals surface area contributed by atoms with E-state index < -0.39 is 0 Å². The molecule has 0 amide bonds. The Balaban J connectivity index is 0.00000198. The highest BCUT2D eigenvalue weighted by Crippen LogP contribution is 2.47. The summed E-state index contributed by atoms with van der Waals surface area (Å²) in [7, 11) is 2.18. The van der Waals surface area contributed by atoms with E-state index >= 15 is 0 Å². The van der Waals surface area contributed by atoms with Gasteiger partial charge < -0.3 is 9.47 Å². The molecule has 406 valence electrons. The molecular weight excluding hydrogens is 989 g/mol. The predicted molar refractivity (Wildman–Crippen MR) is 362 cm³/mol. The zero-order valence-corrected chi connectivity index (χ0v) is 48.9. The quantitative estimate of drug-likeness (QED) is 0.0929. The molecule has 1 aliphatic rings. The van der Waals surface area contributed by atoms with E-state index in [4.69, 9.17) is 0 Å². The topological polar surface area (TPSA) is 8.17 Å².